The minimum Gasteiger partial charge on any atom is -0.465 e. The van der Waals surface area contributed by atoms with Crippen molar-refractivity contribution in [2.24, 2.45) is 0 Å². The zero-order valence-electron chi connectivity index (χ0n) is 16.9. The van der Waals surface area contributed by atoms with Gasteiger partial charge in [0.1, 0.15) is 0 Å². The van der Waals surface area contributed by atoms with E-state index in [1.54, 1.807) is 0 Å². The van der Waals surface area contributed by atoms with Crippen molar-refractivity contribution in [3.05, 3.63) is 0 Å². The minimum absolute atomic E-state index is 0.220. The van der Waals surface area contributed by atoms with Gasteiger partial charge < -0.3 is 36.6 Å². The maximum absolute atomic E-state index is 11.5. The van der Waals surface area contributed by atoms with Crippen molar-refractivity contribution in [2.75, 3.05) is 46.7 Å². The molecular formula is C15H35NO8Si2. The quantitative estimate of drug-likeness (QED) is 0.382. The Bertz CT molecular complexity index is 355. The topological polar surface area (TPSA) is 95.9 Å². The van der Waals surface area contributed by atoms with Crippen molar-refractivity contribution in [3.63, 3.8) is 0 Å². The lowest BCUT2D eigenvalue weighted by molar-refractivity contribution is -0.0296. The minimum atomic E-state index is -3.23. The van der Waals surface area contributed by atoms with Crippen LogP contribution in [0.15, 0.2) is 0 Å². The van der Waals surface area contributed by atoms with E-state index in [4.69, 9.17) is 26.6 Å². The molecule has 0 fully saturated rings. The summed E-state index contributed by atoms with van der Waals surface area (Å²) >= 11 is 0. The molecule has 9 nitrogen and oxygen atoms in total. The summed E-state index contributed by atoms with van der Waals surface area (Å²) in [5.74, 6) is 0. The Kier molecular flexibility index (Phi) is 14.2. The Morgan fingerprint density at radius 1 is 0.923 bits per heavy atom. The molecule has 1 amide bonds. The predicted octanol–water partition coefficient (Wildman–Crippen LogP) is 1.75. The molecule has 0 bridgehead atoms. The zero-order chi connectivity index (χ0) is 20.0. The lowest BCUT2D eigenvalue weighted by atomic mass is 10.4. The van der Waals surface area contributed by atoms with Crippen molar-refractivity contribution in [2.45, 2.75) is 46.7 Å². The molecule has 0 aliphatic rings. The molecule has 0 rings (SSSR count). The van der Waals surface area contributed by atoms with Gasteiger partial charge in [0.05, 0.1) is 5.67 Å². The van der Waals surface area contributed by atoms with Crippen LogP contribution in [-0.2, 0) is 26.6 Å². The third-order valence-corrected chi connectivity index (χ3v) is 8.65. The van der Waals surface area contributed by atoms with E-state index in [1.807, 2.05) is 34.6 Å². The highest BCUT2D eigenvalue weighted by atomic mass is 28.4. The summed E-state index contributed by atoms with van der Waals surface area (Å²) in [5.41, 5.74) is -0.399. The van der Waals surface area contributed by atoms with E-state index in [0.717, 1.165) is 0 Å². The van der Waals surface area contributed by atoms with Crippen LogP contribution in [0, 0.1) is 0 Å². The van der Waals surface area contributed by atoms with Crippen molar-refractivity contribution >= 4 is 24.4 Å². The molecule has 0 saturated heterocycles. The molecule has 1 N–H and O–H groups in total. The van der Waals surface area contributed by atoms with Crippen LogP contribution < -0.4 is 0 Å². The van der Waals surface area contributed by atoms with Crippen molar-refractivity contribution in [3.8, 4) is 0 Å². The van der Waals surface area contributed by atoms with Gasteiger partial charge in [-0.1, -0.05) is 0 Å². The van der Waals surface area contributed by atoms with Gasteiger partial charge >= 0.3 is 24.4 Å². The summed E-state index contributed by atoms with van der Waals surface area (Å²) in [5, 5.41) is 9.38. The summed E-state index contributed by atoms with van der Waals surface area (Å²) in [7, 11) is -3.95. The van der Waals surface area contributed by atoms with E-state index in [-0.39, 0.29) is 6.61 Å². The number of hydrogen-bond donors (Lipinski definition) is 1. The fourth-order valence-electron chi connectivity index (χ4n) is 2.34. The molecule has 0 aromatic rings. The molecule has 0 heterocycles. The molecule has 0 aromatic carbocycles. The average Bonchev–Trinajstić information content (AvgIpc) is 2.59. The highest BCUT2D eigenvalue weighted by Crippen LogP contribution is 2.16. The highest BCUT2D eigenvalue weighted by molar-refractivity contribution is 6.53. The fourth-order valence-corrected chi connectivity index (χ4v) is 6.36. The predicted molar refractivity (Wildman–Crippen MR) is 101 cm³/mol. The van der Waals surface area contributed by atoms with Crippen LogP contribution in [0.25, 0.3) is 0 Å². The van der Waals surface area contributed by atoms with Crippen LogP contribution in [-0.4, -0.2) is 86.8 Å². The van der Waals surface area contributed by atoms with Gasteiger partial charge in [-0.25, -0.2) is 4.79 Å². The van der Waals surface area contributed by atoms with Crippen LogP contribution in [0.1, 0.15) is 41.0 Å². The largest absolute Gasteiger partial charge is 0.679 e. The molecule has 0 saturated carbocycles. The molecule has 0 radical (unpaired) electrons. The second-order valence-corrected chi connectivity index (χ2v) is 9.50. The summed E-state index contributed by atoms with van der Waals surface area (Å²) in [6.07, 6.45) is -0.628. The number of hydrogen-bond acceptors (Lipinski definition) is 7. The van der Waals surface area contributed by atoms with Gasteiger partial charge in [-0.05, 0) is 41.0 Å². The van der Waals surface area contributed by atoms with E-state index >= 15 is 0 Å². The third-order valence-electron chi connectivity index (χ3n) is 3.43. The van der Waals surface area contributed by atoms with Crippen LogP contribution in [0.3, 0.4) is 0 Å². The number of amides is 1. The van der Waals surface area contributed by atoms with E-state index in [1.165, 1.54) is 11.9 Å². The molecule has 0 aliphatic heterocycles. The van der Waals surface area contributed by atoms with Crippen molar-refractivity contribution in [1.29, 1.82) is 0 Å². The maximum Gasteiger partial charge on any atom is 0.679 e. The lowest BCUT2D eigenvalue weighted by Crippen LogP contribution is -2.53. The highest BCUT2D eigenvalue weighted by Gasteiger charge is 2.45. The molecule has 156 valence electrons. The third kappa shape index (κ3) is 8.91. The molecule has 0 aromatic heterocycles. The Morgan fingerprint density at radius 2 is 1.38 bits per heavy atom. The first kappa shape index (κ1) is 25.5. The number of nitrogens with zero attached hydrogens (tertiary/aromatic N) is 1. The lowest BCUT2D eigenvalue weighted by Gasteiger charge is -2.32. The van der Waals surface area contributed by atoms with Crippen LogP contribution >= 0.6 is 0 Å². The van der Waals surface area contributed by atoms with Gasteiger partial charge in [0.25, 0.3) is 0 Å². The number of rotatable bonds is 16. The normalized spacial score (nSPS) is 13.2. The summed E-state index contributed by atoms with van der Waals surface area (Å²) in [6.45, 7) is 11.6. The second kappa shape index (κ2) is 14.5. The Balaban J connectivity index is 5.10. The molecule has 26 heavy (non-hydrogen) atoms. The summed E-state index contributed by atoms with van der Waals surface area (Å²) in [4.78, 5) is 12.7. The fraction of sp³-hybridized carbons (Fsp3) is 0.933. The van der Waals surface area contributed by atoms with E-state index in [2.05, 4.69) is 0 Å². The monoisotopic (exact) mass is 413 g/mol. The van der Waals surface area contributed by atoms with E-state index in [9.17, 15) is 9.90 Å². The van der Waals surface area contributed by atoms with Gasteiger partial charge in [-0.2, -0.15) is 0 Å². The number of carbonyl (C=O) groups is 1. The Labute approximate surface area is 159 Å². The van der Waals surface area contributed by atoms with Gasteiger partial charge in [0.15, 0.2) is 0 Å². The first-order valence-corrected chi connectivity index (χ1v) is 12.4. The van der Waals surface area contributed by atoms with Gasteiger partial charge in [-0.15, -0.1) is 0 Å². The standard InChI is InChI=1S/C15H35NO8Si2/c1-7-19-25(20-8-2)14(16(6)15(17)18)12-13-24-26(21-9-3,22-10-4)23-11-5/h14,25H,7-13H2,1-6H3,(H,17,18). The number of carboxylic acid groups (broad SMARTS) is 1. The van der Waals surface area contributed by atoms with Crippen LogP contribution in [0.2, 0.25) is 0 Å². The van der Waals surface area contributed by atoms with E-state index in [0.29, 0.717) is 39.5 Å². The molecule has 1 unspecified atom stereocenters. The first-order chi connectivity index (χ1) is 12.4. The average molecular weight is 414 g/mol. The summed E-state index contributed by atoms with van der Waals surface area (Å²) < 4.78 is 34.3. The van der Waals surface area contributed by atoms with Crippen molar-refractivity contribution < 1.29 is 36.5 Å². The maximum atomic E-state index is 11.5. The Hall–Kier alpha value is -0.536. The molecule has 0 aliphatic carbocycles. The van der Waals surface area contributed by atoms with Gasteiger partial charge in [-0.3, -0.25) is 0 Å². The zero-order valence-corrected chi connectivity index (χ0v) is 19.0. The van der Waals surface area contributed by atoms with Gasteiger partial charge in [0.2, 0.25) is 0 Å². The molecule has 1 atom stereocenters. The molecule has 0 spiro atoms. The van der Waals surface area contributed by atoms with Crippen LogP contribution in [0.4, 0.5) is 4.79 Å². The SMILES string of the molecule is CCO[SiH](OCC)C(CCO[Si](OCC)(OCC)OCC)N(C)C(=O)O. The second-order valence-electron chi connectivity index (χ2n) is 5.18. The smallest absolute Gasteiger partial charge is 0.465 e. The molecular weight excluding hydrogens is 378 g/mol. The van der Waals surface area contributed by atoms with Crippen LogP contribution in [0.5, 0.6) is 0 Å². The Morgan fingerprint density at radius 3 is 1.73 bits per heavy atom. The van der Waals surface area contributed by atoms with Gasteiger partial charge in [0, 0.05) is 46.7 Å². The summed E-state index contributed by atoms with van der Waals surface area (Å²) in [6, 6.07) is 0. The first-order valence-electron chi connectivity index (χ1n) is 9.15. The van der Waals surface area contributed by atoms with Crippen molar-refractivity contribution in [1.82, 2.24) is 4.90 Å². The van der Waals surface area contributed by atoms with E-state index < -0.39 is 30.1 Å². The molecule has 11 heteroatoms.